The smallest absolute Gasteiger partial charge is 0.410 e. The number of nitrogens with one attached hydrogen (secondary N) is 1. The lowest BCUT2D eigenvalue weighted by Crippen LogP contribution is -2.34. The number of nitrogens with two attached hydrogens (primary N) is 1. The number of carbonyl (C=O) groups is 2. The van der Waals surface area contributed by atoms with E-state index in [9.17, 15) is 9.59 Å². The number of hydrogen-bond donors (Lipinski definition) is 2. The molecule has 0 heterocycles. The number of anilines is 2. The van der Waals surface area contributed by atoms with Crippen molar-refractivity contribution in [1.82, 2.24) is 4.90 Å². The molecule has 0 unspecified atom stereocenters. The summed E-state index contributed by atoms with van der Waals surface area (Å²) >= 11 is 0. The van der Waals surface area contributed by atoms with Crippen LogP contribution < -0.4 is 15.8 Å². The third-order valence-corrected chi connectivity index (χ3v) is 3.06. The predicted molar refractivity (Wildman–Crippen MR) is 102 cm³/mol. The summed E-state index contributed by atoms with van der Waals surface area (Å²) in [6, 6.07) is 3.18. The third-order valence-electron chi connectivity index (χ3n) is 3.06. The third kappa shape index (κ3) is 6.40. The largest absolute Gasteiger partial charge is 0.495 e. The first-order valence-corrected chi connectivity index (χ1v) is 7.91. The minimum Gasteiger partial charge on any atom is -0.495 e. The highest BCUT2D eigenvalue weighted by Crippen LogP contribution is 2.28. The number of carbonyl (C=O) groups excluding carboxylic acids is 2. The van der Waals surface area contributed by atoms with Gasteiger partial charge in [0.15, 0.2) is 0 Å². The second-order valence-corrected chi connectivity index (χ2v) is 6.47. The second kappa shape index (κ2) is 8.81. The van der Waals surface area contributed by atoms with Crippen LogP contribution in [0.25, 0.3) is 0 Å². The molecule has 0 spiro atoms. The van der Waals surface area contributed by atoms with E-state index in [-0.39, 0.29) is 12.5 Å². The van der Waals surface area contributed by atoms with Gasteiger partial charge in [-0.25, -0.2) is 4.79 Å². The van der Waals surface area contributed by atoms with E-state index in [0.29, 0.717) is 22.7 Å². The lowest BCUT2D eigenvalue weighted by molar-refractivity contribution is -0.111. The highest BCUT2D eigenvalue weighted by atomic mass is 16.6. The molecule has 140 valence electrons. The van der Waals surface area contributed by atoms with Crippen molar-refractivity contribution in [1.29, 1.82) is 0 Å². The lowest BCUT2D eigenvalue weighted by atomic mass is 10.1. The van der Waals surface area contributed by atoms with Crippen LogP contribution in [0.15, 0.2) is 24.8 Å². The molecule has 0 bridgehead atoms. The van der Waals surface area contributed by atoms with Crippen molar-refractivity contribution in [3.8, 4) is 17.6 Å². The van der Waals surface area contributed by atoms with Gasteiger partial charge in [0.2, 0.25) is 5.91 Å². The summed E-state index contributed by atoms with van der Waals surface area (Å²) in [5, 5.41) is 2.64. The first-order chi connectivity index (χ1) is 12.1. The number of hydrogen-bond acceptors (Lipinski definition) is 5. The zero-order valence-corrected chi connectivity index (χ0v) is 15.8. The summed E-state index contributed by atoms with van der Waals surface area (Å²) in [5.74, 6) is 5.83. The Morgan fingerprint density at radius 3 is 2.58 bits per heavy atom. The molecule has 0 aliphatic heterocycles. The molecular weight excluding hydrogens is 334 g/mol. The Kier molecular flexibility index (Phi) is 7.08. The molecule has 2 amide bonds. The number of benzene rings is 1. The van der Waals surface area contributed by atoms with Crippen molar-refractivity contribution in [3.05, 3.63) is 30.4 Å². The first kappa shape index (κ1) is 20.9. The summed E-state index contributed by atoms with van der Waals surface area (Å²) in [6.45, 7) is 8.94. The number of rotatable bonds is 4. The van der Waals surface area contributed by atoms with Crippen LogP contribution in [0.2, 0.25) is 0 Å². The second-order valence-electron chi connectivity index (χ2n) is 6.47. The molecule has 7 heteroatoms. The number of nitrogen functional groups attached to an aromatic ring is 1. The molecule has 0 saturated heterocycles. The molecule has 26 heavy (non-hydrogen) atoms. The Hall–Kier alpha value is -3.14. The van der Waals surface area contributed by atoms with E-state index in [4.69, 9.17) is 15.2 Å². The van der Waals surface area contributed by atoms with Gasteiger partial charge in [-0.3, -0.25) is 4.79 Å². The summed E-state index contributed by atoms with van der Waals surface area (Å²) in [5.41, 5.74) is 6.59. The molecule has 7 nitrogen and oxygen atoms in total. The Balaban J connectivity index is 3.01. The summed E-state index contributed by atoms with van der Waals surface area (Å²) in [7, 11) is 3.08. The fourth-order valence-corrected chi connectivity index (χ4v) is 1.82. The van der Waals surface area contributed by atoms with Crippen molar-refractivity contribution >= 4 is 23.4 Å². The molecule has 0 saturated carbocycles. The quantitative estimate of drug-likeness (QED) is 0.490. The fraction of sp³-hybridized carbons (Fsp3) is 0.368. The number of methoxy groups -OCH3 is 1. The van der Waals surface area contributed by atoms with Gasteiger partial charge < -0.3 is 25.4 Å². The number of ether oxygens (including phenoxy) is 2. The van der Waals surface area contributed by atoms with Crippen LogP contribution in [0, 0.1) is 11.8 Å². The molecule has 3 N–H and O–H groups in total. The van der Waals surface area contributed by atoms with E-state index >= 15 is 0 Å². The topological polar surface area (TPSA) is 93.9 Å². The van der Waals surface area contributed by atoms with Gasteiger partial charge in [-0.15, -0.1) is 0 Å². The molecule has 0 aliphatic rings. The molecule has 0 radical (unpaired) electrons. The van der Waals surface area contributed by atoms with Crippen molar-refractivity contribution < 1.29 is 19.1 Å². The lowest BCUT2D eigenvalue weighted by Gasteiger charge is -2.23. The molecule has 1 aromatic rings. The van der Waals surface area contributed by atoms with E-state index in [1.54, 1.807) is 40.0 Å². The molecular formula is C19H25N3O4. The maximum Gasteiger partial charge on any atom is 0.410 e. The SMILES string of the molecule is C=CC(=O)Nc1cc(N)c(OC)cc1C#CCN(C)C(=O)OC(C)(C)C. The van der Waals surface area contributed by atoms with Gasteiger partial charge in [0.05, 0.1) is 30.6 Å². The average molecular weight is 359 g/mol. The van der Waals surface area contributed by atoms with Crippen LogP contribution in [0.5, 0.6) is 5.75 Å². The average Bonchev–Trinajstić information content (AvgIpc) is 2.54. The molecule has 0 fully saturated rings. The van der Waals surface area contributed by atoms with Crippen molar-refractivity contribution in [2.45, 2.75) is 26.4 Å². The van der Waals surface area contributed by atoms with E-state index in [1.807, 2.05) is 0 Å². The van der Waals surface area contributed by atoms with Crippen molar-refractivity contribution in [2.75, 3.05) is 31.8 Å². The number of nitrogens with zero attached hydrogens (tertiary/aromatic N) is 1. The van der Waals surface area contributed by atoms with Crippen LogP contribution in [0.3, 0.4) is 0 Å². The molecule has 0 aliphatic carbocycles. The highest BCUT2D eigenvalue weighted by molar-refractivity contribution is 6.00. The molecule has 1 aromatic carbocycles. The van der Waals surface area contributed by atoms with Gasteiger partial charge in [0.1, 0.15) is 11.4 Å². The van der Waals surface area contributed by atoms with Crippen LogP contribution in [0.1, 0.15) is 26.3 Å². The molecule has 0 atom stereocenters. The van der Waals surface area contributed by atoms with Crippen LogP contribution in [0.4, 0.5) is 16.2 Å². The van der Waals surface area contributed by atoms with Gasteiger partial charge in [0, 0.05) is 13.1 Å². The van der Waals surface area contributed by atoms with Crippen molar-refractivity contribution in [3.63, 3.8) is 0 Å². The Labute approximate surface area is 154 Å². The molecule has 0 aromatic heterocycles. The van der Waals surface area contributed by atoms with E-state index < -0.39 is 11.7 Å². The normalized spacial score (nSPS) is 10.2. The Bertz CT molecular complexity index is 755. The van der Waals surface area contributed by atoms with Gasteiger partial charge >= 0.3 is 6.09 Å². The highest BCUT2D eigenvalue weighted by Gasteiger charge is 2.18. The minimum absolute atomic E-state index is 0.149. The first-order valence-electron chi connectivity index (χ1n) is 7.91. The van der Waals surface area contributed by atoms with Crippen LogP contribution in [-0.2, 0) is 9.53 Å². The van der Waals surface area contributed by atoms with Gasteiger partial charge in [0.25, 0.3) is 0 Å². The number of amides is 2. The van der Waals surface area contributed by atoms with Crippen LogP contribution >= 0.6 is 0 Å². The van der Waals surface area contributed by atoms with E-state index in [2.05, 4.69) is 23.7 Å². The van der Waals surface area contributed by atoms with Gasteiger partial charge in [-0.1, -0.05) is 18.4 Å². The van der Waals surface area contributed by atoms with E-state index in [0.717, 1.165) is 6.08 Å². The summed E-state index contributed by atoms with van der Waals surface area (Å²) in [6.07, 6.45) is 0.676. The monoisotopic (exact) mass is 359 g/mol. The minimum atomic E-state index is -0.578. The van der Waals surface area contributed by atoms with Gasteiger partial charge in [-0.05, 0) is 32.9 Å². The Morgan fingerprint density at radius 1 is 1.38 bits per heavy atom. The summed E-state index contributed by atoms with van der Waals surface area (Å²) < 4.78 is 10.4. The Morgan fingerprint density at radius 2 is 2.04 bits per heavy atom. The molecule has 1 rings (SSSR count). The maximum atomic E-state index is 11.9. The van der Waals surface area contributed by atoms with Crippen LogP contribution in [-0.4, -0.2) is 43.2 Å². The van der Waals surface area contributed by atoms with E-state index in [1.165, 1.54) is 12.0 Å². The zero-order valence-electron chi connectivity index (χ0n) is 15.8. The zero-order chi connectivity index (χ0) is 19.9. The predicted octanol–water partition coefficient (Wildman–Crippen LogP) is 2.62. The fourth-order valence-electron chi connectivity index (χ4n) is 1.82. The standard InChI is InChI=1S/C19H25N3O4/c1-7-17(23)21-15-12-14(20)16(25-6)11-13(15)9-8-10-22(5)18(24)26-19(2,3)4/h7,11-12H,1,10,20H2,2-6H3,(H,21,23). The maximum absolute atomic E-state index is 11.9. The summed E-state index contributed by atoms with van der Waals surface area (Å²) in [4.78, 5) is 24.9. The van der Waals surface area contributed by atoms with Gasteiger partial charge in [-0.2, -0.15) is 0 Å². The van der Waals surface area contributed by atoms with Crippen molar-refractivity contribution in [2.24, 2.45) is 0 Å².